The molecule has 0 radical (unpaired) electrons. The van der Waals surface area contributed by atoms with E-state index in [1.165, 1.54) is 11.3 Å². The van der Waals surface area contributed by atoms with E-state index in [2.05, 4.69) is 15.3 Å². The second-order valence-corrected chi connectivity index (χ2v) is 5.12. The summed E-state index contributed by atoms with van der Waals surface area (Å²) in [6.45, 7) is 0. The number of aromatic nitrogens is 2. The van der Waals surface area contributed by atoms with Crippen molar-refractivity contribution >= 4 is 22.6 Å². The van der Waals surface area contributed by atoms with E-state index >= 15 is 0 Å². The Bertz CT molecular complexity index is 729. The zero-order valence-electron chi connectivity index (χ0n) is 10.9. The molecule has 0 bridgehead atoms. The summed E-state index contributed by atoms with van der Waals surface area (Å²) in [5.74, 6) is 0.487. The number of hydrogen-bond acceptors (Lipinski definition) is 5. The van der Waals surface area contributed by atoms with Crippen LogP contribution in [0.1, 0.15) is 0 Å². The first kappa shape index (κ1) is 13.3. The average Bonchev–Trinajstić information content (AvgIpc) is 2.97. The van der Waals surface area contributed by atoms with Gasteiger partial charge in [-0.25, -0.2) is 9.78 Å². The van der Waals surface area contributed by atoms with Crippen LogP contribution in [0.3, 0.4) is 0 Å². The van der Waals surface area contributed by atoms with Gasteiger partial charge in [-0.05, 0) is 29.8 Å². The fourth-order valence-electron chi connectivity index (χ4n) is 1.69. The maximum absolute atomic E-state index is 11.8. The second-order valence-electron chi connectivity index (χ2n) is 4.09. The fraction of sp³-hybridized carbons (Fsp3) is 0. The smallest absolute Gasteiger partial charge is 0.410 e. The summed E-state index contributed by atoms with van der Waals surface area (Å²) in [7, 11) is 0. The van der Waals surface area contributed by atoms with E-state index in [1.807, 2.05) is 18.2 Å². The van der Waals surface area contributed by atoms with Gasteiger partial charge in [-0.15, -0.1) is 0 Å². The minimum atomic E-state index is -0.558. The summed E-state index contributed by atoms with van der Waals surface area (Å²) >= 11 is 1.37. The molecule has 0 spiro atoms. The molecule has 0 saturated heterocycles. The van der Waals surface area contributed by atoms with E-state index in [1.54, 1.807) is 42.9 Å². The van der Waals surface area contributed by atoms with Crippen molar-refractivity contribution in [2.45, 2.75) is 0 Å². The van der Waals surface area contributed by atoms with Crippen molar-refractivity contribution in [2.75, 3.05) is 5.32 Å². The maximum Gasteiger partial charge on any atom is 0.418 e. The van der Waals surface area contributed by atoms with Gasteiger partial charge in [0.1, 0.15) is 5.75 Å². The van der Waals surface area contributed by atoms with Crippen LogP contribution in [0.4, 0.5) is 9.93 Å². The zero-order valence-corrected chi connectivity index (χ0v) is 11.7. The Balaban J connectivity index is 1.66. The molecule has 6 heteroatoms. The number of anilines is 1. The summed E-state index contributed by atoms with van der Waals surface area (Å²) < 4.78 is 5.14. The number of nitrogens with one attached hydrogen (secondary N) is 1. The van der Waals surface area contributed by atoms with Crippen LogP contribution in [0.2, 0.25) is 0 Å². The number of rotatable bonds is 3. The van der Waals surface area contributed by atoms with E-state index in [-0.39, 0.29) is 0 Å². The molecule has 1 aromatic carbocycles. The highest BCUT2D eigenvalue weighted by Gasteiger charge is 2.09. The van der Waals surface area contributed by atoms with Crippen LogP contribution in [0.5, 0.6) is 5.75 Å². The fourth-order valence-corrected chi connectivity index (χ4v) is 2.50. The summed E-state index contributed by atoms with van der Waals surface area (Å²) in [5.41, 5.74) is 1.01. The molecule has 104 valence electrons. The van der Waals surface area contributed by atoms with E-state index in [9.17, 15) is 4.79 Å². The molecule has 0 saturated carbocycles. The van der Waals surface area contributed by atoms with E-state index in [0.717, 1.165) is 10.4 Å². The van der Waals surface area contributed by atoms with Crippen molar-refractivity contribution in [2.24, 2.45) is 0 Å². The van der Waals surface area contributed by atoms with Gasteiger partial charge in [0.2, 0.25) is 0 Å². The lowest BCUT2D eigenvalue weighted by molar-refractivity contribution is 0.215. The van der Waals surface area contributed by atoms with Crippen molar-refractivity contribution in [1.29, 1.82) is 0 Å². The van der Waals surface area contributed by atoms with Gasteiger partial charge in [0.15, 0.2) is 5.13 Å². The van der Waals surface area contributed by atoms with Gasteiger partial charge in [-0.2, -0.15) is 0 Å². The second kappa shape index (κ2) is 6.15. The van der Waals surface area contributed by atoms with Gasteiger partial charge >= 0.3 is 6.09 Å². The molecule has 5 nitrogen and oxygen atoms in total. The highest BCUT2D eigenvalue weighted by Crippen LogP contribution is 2.28. The van der Waals surface area contributed by atoms with Gasteiger partial charge in [0, 0.05) is 18.6 Å². The van der Waals surface area contributed by atoms with Crippen molar-refractivity contribution in [1.82, 2.24) is 9.97 Å². The van der Waals surface area contributed by atoms with E-state index in [0.29, 0.717) is 10.9 Å². The quantitative estimate of drug-likeness (QED) is 0.798. The molecule has 0 aliphatic carbocycles. The van der Waals surface area contributed by atoms with Crippen LogP contribution >= 0.6 is 11.3 Å². The molecule has 3 rings (SSSR count). The van der Waals surface area contributed by atoms with Crippen LogP contribution < -0.4 is 10.1 Å². The van der Waals surface area contributed by atoms with Crippen molar-refractivity contribution in [3.8, 4) is 16.2 Å². The number of hydrogen-bond donors (Lipinski definition) is 1. The number of pyridine rings is 1. The number of amides is 1. The lowest BCUT2D eigenvalue weighted by Crippen LogP contribution is -2.16. The molecule has 2 aromatic heterocycles. The highest BCUT2D eigenvalue weighted by molar-refractivity contribution is 7.19. The first-order chi connectivity index (χ1) is 10.3. The molecule has 0 aliphatic heterocycles. The third-order valence-electron chi connectivity index (χ3n) is 2.63. The normalized spacial score (nSPS) is 10.1. The van der Waals surface area contributed by atoms with Crippen molar-refractivity contribution in [3.05, 3.63) is 61.1 Å². The third kappa shape index (κ3) is 3.43. The van der Waals surface area contributed by atoms with Crippen molar-refractivity contribution < 1.29 is 9.53 Å². The predicted molar refractivity (Wildman–Crippen MR) is 81.4 cm³/mol. The predicted octanol–water partition coefficient (Wildman–Crippen LogP) is 3.82. The molecule has 0 fully saturated rings. The van der Waals surface area contributed by atoms with Gasteiger partial charge in [0.05, 0.1) is 4.88 Å². The number of thiazole rings is 1. The number of carbonyl (C=O) groups is 1. The number of benzene rings is 1. The van der Waals surface area contributed by atoms with Gasteiger partial charge < -0.3 is 4.74 Å². The lowest BCUT2D eigenvalue weighted by atomic mass is 10.2. The Morgan fingerprint density at radius 2 is 1.86 bits per heavy atom. The molecule has 2 heterocycles. The van der Waals surface area contributed by atoms with Gasteiger partial charge in [-0.1, -0.05) is 29.5 Å². The third-order valence-corrected chi connectivity index (χ3v) is 3.60. The Hall–Kier alpha value is -2.73. The van der Waals surface area contributed by atoms with Crippen molar-refractivity contribution in [3.63, 3.8) is 0 Å². The van der Waals surface area contributed by atoms with E-state index < -0.39 is 6.09 Å². The molecule has 3 aromatic rings. The molecular weight excluding hydrogens is 286 g/mol. The Morgan fingerprint density at radius 3 is 2.62 bits per heavy atom. The van der Waals surface area contributed by atoms with Crippen LogP contribution in [-0.4, -0.2) is 16.1 Å². The molecular formula is C15H11N3O2S. The lowest BCUT2D eigenvalue weighted by Gasteiger charge is -2.03. The molecule has 1 amide bonds. The largest absolute Gasteiger partial charge is 0.418 e. The highest BCUT2D eigenvalue weighted by atomic mass is 32.1. The van der Waals surface area contributed by atoms with Crippen LogP contribution in [0.25, 0.3) is 10.4 Å². The first-order valence-electron chi connectivity index (χ1n) is 6.21. The molecule has 0 aliphatic rings. The SMILES string of the molecule is O=C(Nc1ncc(-c2ccncc2)s1)Oc1ccccc1. The number of para-hydroxylation sites is 1. The number of ether oxygens (including phenoxy) is 1. The number of nitrogens with zero attached hydrogens (tertiary/aromatic N) is 2. The Kier molecular flexibility index (Phi) is 3.88. The van der Waals surface area contributed by atoms with Crippen LogP contribution in [-0.2, 0) is 0 Å². The summed E-state index contributed by atoms with van der Waals surface area (Å²) in [5, 5.41) is 3.10. The van der Waals surface area contributed by atoms with Crippen LogP contribution in [0, 0.1) is 0 Å². The monoisotopic (exact) mass is 297 g/mol. The zero-order chi connectivity index (χ0) is 14.5. The first-order valence-corrected chi connectivity index (χ1v) is 7.03. The van der Waals surface area contributed by atoms with Gasteiger partial charge in [0.25, 0.3) is 0 Å². The van der Waals surface area contributed by atoms with E-state index in [4.69, 9.17) is 4.74 Å². The summed E-state index contributed by atoms with van der Waals surface area (Å²) in [6.07, 6.45) is 4.58. The van der Waals surface area contributed by atoms with Gasteiger partial charge in [-0.3, -0.25) is 10.3 Å². The minimum Gasteiger partial charge on any atom is -0.410 e. The molecule has 0 unspecified atom stereocenters. The Labute approximate surface area is 125 Å². The molecule has 21 heavy (non-hydrogen) atoms. The molecule has 1 N–H and O–H groups in total. The Morgan fingerprint density at radius 1 is 1.10 bits per heavy atom. The minimum absolute atomic E-state index is 0.487. The standard InChI is InChI=1S/C15H11N3O2S/c19-15(20-12-4-2-1-3-5-12)18-14-17-10-13(21-14)11-6-8-16-9-7-11/h1-10H,(H,17,18,19). The molecule has 0 atom stereocenters. The summed E-state index contributed by atoms with van der Waals surface area (Å²) in [6, 6.07) is 12.7. The van der Waals surface area contributed by atoms with Crippen LogP contribution in [0.15, 0.2) is 61.1 Å². The topological polar surface area (TPSA) is 64.1 Å². The maximum atomic E-state index is 11.8. The summed E-state index contributed by atoms with van der Waals surface area (Å²) in [4.78, 5) is 20.8. The number of carbonyl (C=O) groups excluding carboxylic acids is 1. The average molecular weight is 297 g/mol.